The highest BCUT2D eigenvalue weighted by Crippen LogP contribution is 2.42. The van der Waals surface area contributed by atoms with Crippen LogP contribution >= 0.6 is 0 Å². The van der Waals surface area contributed by atoms with Crippen molar-refractivity contribution in [3.8, 4) is 45.0 Å². The topological polar surface area (TPSA) is 22.8 Å². The molecule has 3 heteroatoms. The van der Waals surface area contributed by atoms with Crippen molar-refractivity contribution in [1.82, 2.24) is 14.1 Å². The van der Waals surface area contributed by atoms with Gasteiger partial charge in [-0.15, -0.1) is 0 Å². The van der Waals surface area contributed by atoms with Crippen molar-refractivity contribution in [2.45, 2.75) is 0 Å². The number of hydrogen-bond donors (Lipinski definition) is 0. The molecule has 0 aliphatic rings. The molecule has 3 aromatic heterocycles. The van der Waals surface area contributed by atoms with Crippen molar-refractivity contribution >= 4 is 43.6 Å². The highest BCUT2D eigenvalue weighted by Gasteiger charge is 2.21. The van der Waals surface area contributed by atoms with E-state index in [0.29, 0.717) is 0 Å². The van der Waals surface area contributed by atoms with Crippen LogP contribution in [0, 0.1) is 0 Å². The predicted molar refractivity (Wildman–Crippen MR) is 209 cm³/mol. The third kappa shape index (κ3) is 4.48. The van der Waals surface area contributed by atoms with Gasteiger partial charge >= 0.3 is 0 Å². The first-order valence-electron chi connectivity index (χ1n) is 17.1. The molecule has 0 N–H and O–H groups in total. The molecule has 7 aromatic carbocycles. The quantitative estimate of drug-likeness (QED) is 0.184. The number of benzene rings is 7. The summed E-state index contributed by atoms with van der Waals surface area (Å²) in [6, 6.07) is 67.2. The molecular weight excluding hydrogens is 607 g/mol. The van der Waals surface area contributed by atoms with Crippen molar-refractivity contribution in [2.24, 2.45) is 0 Å². The zero-order valence-corrected chi connectivity index (χ0v) is 27.2. The van der Waals surface area contributed by atoms with Crippen LogP contribution in [0.5, 0.6) is 0 Å². The zero-order valence-electron chi connectivity index (χ0n) is 27.2. The summed E-state index contributed by atoms with van der Waals surface area (Å²) in [4.78, 5) is 5.37. The Morgan fingerprint density at radius 2 is 0.800 bits per heavy atom. The Morgan fingerprint density at radius 3 is 1.44 bits per heavy atom. The Kier molecular flexibility index (Phi) is 6.49. The van der Waals surface area contributed by atoms with E-state index in [0.717, 1.165) is 39.2 Å². The third-order valence-corrected chi connectivity index (χ3v) is 9.90. The molecule has 0 amide bonds. The molecular formula is C47H31N3. The molecule has 0 unspecified atom stereocenters. The number of aromatic nitrogens is 3. The van der Waals surface area contributed by atoms with Crippen molar-refractivity contribution in [3.05, 3.63) is 188 Å². The number of nitrogens with zero attached hydrogens (tertiary/aromatic N) is 3. The third-order valence-electron chi connectivity index (χ3n) is 9.90. The van der Waals surface area contributed by atoms with Crippen LogP contribution in [0.1, 0.15) is 0 Å². The standard InChI is InChI=1S/C47H31N3/c1-5-15-32(16-6-1)42-31-41-40-30-35(34-25-27-44-39(29-34)38-23-13-14-24-43(38)49(44)36-19-9-3-10-20-36)26-28-45(40)50(37-21-11-4-12-22-37)47(41)46(48-42)33-17-7-2-8-18-33/h1-31H. The molecule has 0 aliphatic heterocycles. The molecule has 0 spiro atoms. The lowest BCUT2D eigenvalue weighted by Crippen LogP contribution is -1.97. The Labute approximate surface area is 290 Å². The van der Waals surface area contributed by atoms with Gasteiger partial charge < -0.3 is 9.13 Å². The van der Waals surface area contributed by atoms with E-state index >= 15 is 0 Å². The molecule has 0 aliphatic carbocycles. The maximum atomic E-state index is 5.37. The number of hydrogen-bond acceptors (Lipinski definition) is 1. The first kappa shape index (κ1) is 28.3. The smallest absolute Gasteiger partial charge is 0.0956 e. The number of pyridine rings is 1. The molecule has 3 nitrogen and oxygen atoms in total. The molecule has 3 heterocycles. The van der Waals surface area contributed by atoms with Crippen LogP contribution in [-0.4, -0.2) is 14.1 Å². The Bertz CT molecular complexity index is 2830. The summed E-state index contributed by atoms with van der Waals surface area (Å²) in [5.41, 5.74) is 13.5. The van der Waals surface area contributed by atoms with Gasteiger partial charge in [0.15, 0.2) is 0 Å². The van der Waals surface area contributed by atoms with Crippen molar-refractivity contribution in [3.63, 3.8) is 0 Å². The minimum Gasteiger partial charge on any atom is -0.309 e. The zero-order chi connectivity index (χ0) is 33.0. The molecule has 0 saturated heterocycles. The van der Waals surface area contributed by atoms with Gasteiger partial charge in [-0.3, -0.25) is 0 Å². The van der Waals surface area contributed by atoms with E-state index in [1.54, 1.807) is 0 Å². The van der Waals surface area contributed by atoms with Crippen LogP contribution in [0.3, 0.4) is 0 Å². The van der Waals surface area contributed by atoms with E-state index in [2.05, 4.69) is 197 Å². The van der Waals surface area contributed by atoms with Gasteiger partial charge in [0, 0.05) is 44.0 Å². The van der Waals surface area contributed by atoms with E-state index < -0.39 is 0 Å². The molecule has 0 radical (unpaired) electrons. The summed E-state index contributed by atoms with van der Waals surface area (Å²) in [5.74, 6) is 0. The second kappa shape index (κ2) is 11.5. The molecule has 10 aromatic rings. The average molecular weight is 638 g/mol. The monoisotopic (exact) mass is 637 g/mol. The molecule has 10 rings (SSSR count). The summed E-state index contributed by atoms with van der Waals surface area (Å²) >= 11 is 0. The normalized spacial score (nSPS) is 11.6. The van der Waals surface area contributed by atoms with Crippen LogP contribution in [0.25, 0.3) is 88.6 Å². The lowest BCUT2D eigenvalue weighted by molar-refractivity contribution is 1.17. The van der Waals surface area contributed by atoms with Crippen molar-refractivity contribution < 1.29 is 0 Å². The number of rotatable bonds is 5. The maximum Gasteiger partial charge on any atom is 0.0956 e. The highest BCUT2D eigenvalue weighted by atomic mass is 15.0. The molecule has 0 atom stereocenters. The number of para-hydroxylation sites is 3. The van der Waals surface area contributed by atoms with Crippen LogP contribution in [0.15, 0.2) is 188 Å². The summed E-state index contributed by atoms with van der Waals surface area (Å²) in [6.45, 7) is 0. The van der Waals surface area contributed by atoms with Gasteiger partial charge in [0.05, 0.1) is 33.5 Å². The second-order valence-corrected chi connectivity index (χ2v) is 12.8. The lowest BCUT2D eigenvalue weighted by atomic mass is 9.99. The van der Waals surface area contributed by atoms with Gasteiger partial charge in [0.2, 0.25) is 0 Å². The van der Waals surface area contributed by atoms with E-state index in [4.69, 9.17) is 4.98 Å². The minimum atomic E-state index is 0.963. The average Bonchev–Trinajstić information content (AvgIpc) is 3.71. The van der Waals surface area contributed by atoms with Gasteiger partial charge in [-0.05, 0) is 71.8 Å². The van der Waals surface area contributed by atoms with E-state index in [-0.39, 0.29) is 0 Å². The molecule has 0 bridgehead atoms. The SMILES string of the molecule is c1ccc(-c2cc3c4cc(-c5ccc6c(c5)c5ccccc5n6-c5ccccc5)ccc4n(-c4ccccc4)c3c(-c3ccccc3)n2)cc1. The first-order valence-corrected chi connectivity index (χ1v) is 17.1. The molecule has 0 saturated carbocycles. The second-order valence-electron chi connectivity index (χ2n) is 12.8. The van der Waals surface area contributed by atoms with Crippen LogP contribution in [0.4, 0.5) is 0 Å². The number of fused-ring (bicyclic) bond motifs is 6. The first-order chi connectivity index (χ1) is 24.8. The van der Waals surface area contributed by atoms with Crippen molar-refractivity contribution in [1.29, 1.82) is 0 Å². The summed E-state index contributed by atoms with van der Waals surface area (Å²) < 4.78 is 4.75. The molecule has 0 fully saturated rings. The molecule has 50 heavy (non-hydrogen) atoms. The highest BCUT2D eigenvalue weighted by molar-refractivity contribution is 6.15. The summed E-state index contributed by atoms with van der Waals surface area (Å²) in [7, 11) is 0. The lowest BCUT2D eigenvalue weighted by Gasteiger charge is -2.13. The van der Waals surface area contributed by atoms with Gasteiger partial charge in [0.25, 0.3) is 0 Å². The van der Waals surface area contributed by atoms with Gasteiger partial charge in [0.1, 0.15) is 0 Å². The van der Waals surface area contributed by atoms with E-state index in [1.165, 1.54) is 49.4 Å². The Balaban J connectivity index is 1.26. The maximum absolute atomic E-state index is 5.37. The van der Waals surface area contributed by atoms with Crippen LogP contribution in [-0.2, 0) is 0 Å². The van der Waals surface area contributed by atoms with Gasteiger partial charge in [-0.2, -0.15) is 0 Å². The van der Waals surface area contributed by atoms with Crippen molar-refractivity contribution in [2.75, 3.05) is 0 Å². The van der Waals surface area contributed by atoms with Crippen LogP contribution < -0.4 is 0 Å². The fourth-order valence-corrected chi connectivity index (χ4v) is 7.62. The fraction of sp³-hybridized carbons (Fsp3) is 0. The Hall–Kier alpha value is -6.71. The van der Waals surface area contributed by atoms with Crippen LogP contribution in [0.2, 0.25) is 0 Å². The minimum absolute atomic E-state index is 0.963. The van der Waals surface area contributed by atoms with E-state index in [1.807, 2.05) is 0 Å². The summed E-state index contributed by atoms with van der Waals surface area (Å²) in [5, 5.41) is 4.88. The fourth-order valence-electron chi connectivity index (χ4n) is 7.62. The van der Waals surface area contributed by atoms with Gasteiger partial charge in [-0.25, -0.2) is 4.98 Å². The van der Waals surface area contributed by atoms with Gasteiger partial charge in [-0.1, -0.05) is 127 Å². The summed E-state index contributed by atoms with van der Waals surface area (Å²) in [6.07, 6.45) is 0. The molecule has 234 valence electrons. The predicted octanol–water partition coefficient (Wildman–Crippen LogP) is 12.3. The Morgan fingerprint density at radius 1 is 0.320 bits per heavy atom. The van der Waals surface area contributed by atoms with E-state index in [9.17, 15) is 0 Å². The largest absolute Gasteiger partial charge is 0.309 e.